The summed E-state index contributed by atoms with van der Waals surface area (Å²) in [6.45, 7) is 5.90. The van der Waals surface area contributed by atoms with Crippen LogP contribution in [0.1, 0.15) is 25.1 Å². The molecule has 0 unspecified atom stereocenters. The summed E-state index contributed by atoms with van der Waals surface area (Å²) in [5, 5.41) is 3.40. The van der Waals surface area contributed by atoms with E-state index in [9.17, 15) is 4.79 Å². The average Bonchev–Trinajstić information content (AvgIpc) is 3.32. The zero-order valence-electron chi connectivity index (χ0n) is 14.6. The lowest BCUT2D eigenvalue weighted by Gasteiger charge is -2.21. The Labute approximate surface area is 155 Å². The van der Waals surface area contributed by atoms with Gasteiger partial charge in [-0.3, -0.25) is 9.88 Å². The van der Waals surface area contributed by atoms with E-state index in [1.165, 1.54) is 22.2 Å². The summed E-state index contributed by atoms with van der Waals surface area (Å²) in [6.07, 6.45) is 8.23. The number of carbonyl (C=O) groups excluding carboxylic acids is 1. The number of rotatable bonds is 4. The highest BCUT2D eigenvalue weighted by atomic mass is 32.1. The van der Waals surface area contributed by atoms with Crippen LogP contribution in [0.4, 0.5) is 15.9 Å². The van der Waals surface area contributed by atoms with Gasteiger partial charge in [0.2, 0.25) is 5.95 Å². The molecule has 3 aromatic heterocycles. The lowest BCUT2D eigenvalue weighted by molar-refractivity contribution is 0.253. The molecule has 1 amide bonds. The van der Waals surface area contributed by atoms with E-state index in [0.29, 0.717) is 5.13 Å². The molecule has 0 spiro atoms. The number of anilines is 2. The van der Waals surface area contributed by atoms with Crippen LogP contribution in [0.5, 0.6) is 0 Å². The highest BCUT2D eigenvalue weighted by Gasteiger charge is 2.24. The molecule has 0 bridgehead atoms. The molecule has 4 rings (SSSR count). The van der Waals surface area contributed by atoms with Crippen LogP contribution >= 0.6 is 11.3 Å². The number of imidazole rings is 1. The number of hydrogen-bond acceptors (Lipinski definition) is 7. The largest absolute Gasteiger partial charge is 0.341 e. The van der Waals surface area contributed by atoms with Gasteiger partial charge in [-0.05, 0) is 32.3 Å². The maximum absolute atomic E-state index is 12.2. The molecule has 0 radical (unpaired) electrons. The van der Waals surface area contributed by atoms with Gasteiger partial charge in [-0.25, -0.2) is 24.7 Å². The fourth-order valence-electron chi connectivity index (χ4n) is 2.98. The SMILES string of the molecule is CCN(CC)c1ncc2c(n1)-c1sc(NC(=O)n3ccnc3)nc1CC2. The predicted molar refractivity (Wildman–Crippen MR) is 101 cm³/mol. The molecule has 0 aromatic carbocycles. The summed E-state index contributed by atoms with van der Waals surface area (Å²) >= 11 is 1.45. The standard InChI is InChI=1S/C17H19N7OS/c1-3-23(4-2)15-19-9-11-5-6-12-14(13(11)21-15)26-16(20-12)22-17(25)24-8-7-18-10-24/h7-10H,3-6H2,1-2H3,(H,20,22,25). The molecule has 134 valence electrons. The smallest absolute Gasteiger partial charge is 0.333 e. The van der Waals surface area contributed by atoms with Crippen LogP contribution < -0.4 is 10.2 Å². The molecular formula is C17H19N7OS. The number of nitrogens with zero attached hydrogens (tertiary/aromatic N) is 6. The molecule has 1 N–H and O–H groups in total. The Bertz CT molecular complexity index is 931. The zero-order valence-corrected chi connectivity index (χ0v) is 15.5. The van der Waals surface area contributed by atoms with Gasteiger partial charge < -0.3 is 4.90 Å². The number of hydrogen-bond donors (Lipinski definition) is 1. The van der Waals surface area contributed by atoms with Crippen LogP contribution in [0.25, 0.3) is 10.6 Å². The van der Waals surface area contributed by atoms with Gasteiger partial charge in [0, 0.05) is 31.7 Å². The van der Waals surface area contributed by atoms with Crippen LogP contribution in [0, 0.1) is 0 Å². The predicted octanol–water partition coefficient (Wildman–Crippen LogP) is 2.82. The van der Waals surface area contributed by atoms with Crippen LogP contribution in [-0.4, -0.2) is 43.6 Å². The molecule has 0 saturated heterocycles. The van der Waals surface area contributed by atoms with Crippen molar-refractivity contribution in [3.05, 3.63) is 36.2 Å². The van der Waals surface area contributed by atoms with Crippen molar-refractivity contribution in [2.75, 3.05) is 23.3 Å². The number of thiazole rings is 1. The molecule has 1 aliphatic carbocycles. The second-order valence-electron chi connectivity index (χ2n) is 5.91. The number of amides is 1. The normalized spacial score (nSPS) is 12.4. The topological polar surface area (TPSA) is 88.8 Å². The van der Waals surface area contributed by atoms with Crippen LogP contribution in [-0.2, 0) is 12.8 Å². The first-order valence-corrected chi connectivity index (χ1v) is 9.41. The Morgan fingerprint density at radius 3 is 2.88 bits per heavy atom. The van der Waals surface area contributed by atoms with E-state index in [2.05, 4.69) is 39.0 Å². The molecule has 3 heterocycles. The summed E-state index contributed by atoms with van der Waals surface area (Å²) in [5.41, 5.74) is 3.04. The van der Waals surface area contributed by atoms with E-state index >= 15 is 0 Å². The molecule has 0 aliphatic heterocycles. The Balaban J connectivity index is 1.65. The summed E-state index contributed by atoms with van der Waals surface area (Å²) in [6, 6.07) is -0.277. The first kappa shape index (κ1) is 16.6. The summed E-state index contributed by atoms with van der Waals surface area (Å²) in [5.74, 6) is 0.735. The van der Waals surface area contributed by atoms with Gasteiger partial charge in [-0.1, -0.05) is 11.3 Å². The molecule has 3 aromatic rings. The third kappa shape index (κ3) is 2.94. The van der Waals surface area contributed by atoms with Crippen molar-refractivity contribution in [3.63, 3.8) is 0 Å². The average molecular weight is 369 g/mol. The number of aryl methyl sites for hydroxylation is 2. The quantitative estimate of drug-likeness (QED) is 0.761. The monoisotopic (exact) mass is 369 g/mol. The van der Waals surface area contributed by atoms with Crippen LogP contribution in [0.3, 0.4) is 0 Å². The van der Waals surface area contributed by atoms with Crippen molar-refractivity contribution >= 4 is 28.4 Å². The van der Waals surface area contributed by atoms with Crippen LogP contribution in [0.15, 0.2) is 24.9 Å². The second kappa shape index (κ2) is 6.83. The molecule has 0 fully saturated rings. The Hall–Kier alpha value is -2.81. The van der Waals surface area contributed by atoms with E-state index in [-0.39, 0.29) is 6.03 Å². The van der Waals surface area contributed by atoms with Gasteiger partial charge >= 0.3 is 6.03 Å². The molecule has 0 atom stereocenters. The Morgan fingerprint density at radius 1 is 1.31 bits per heavy atom. The third-order valence-corrected chi connectivity index (χ3v) is 5.41. The van der Waals surface area contributed by atoms with Crippen molar-refractivity contribution in [1.82, 2.24) is 24.5 Å². The maximum atomic E-state index is 12.2. The summed E-state index contributed by atoms with van der Waals surface area (Å²) < 4.78 is 1.38. The van der Waals surface area contributed by atoms with Crippen molar-refractivity contribution in [2.24, 2.45) is 0 Å². The number of nitrogens with one attached hydrogen (secondary N) is 1. The summed E-state index contributed by atoms with van der Waals surface area (Å²) in [7, 11) is 0. The molecular weight excluding hydrogens is 350 g/mol. The highest BCUT2D eigenvalue weighted by molar-refractivity contribution is 7.19. The molecule has 26 heavy (non-hydrogen) atoms. The Kier molecular flexibility index (Phi) is 4.37. The van der Waals surface area contributed by atoms with Crippen molar-refractivity contribution in [3.8, 4) is 10.6 Å². The molecule has 0 saturated carbocycles. The fraction of sp³-hybridized carbons (Fsp3) is 0.353. The molecule has 8 nitrogen and oxygen atoms in total. The minimum absolute atomic E-state index is 0.277. The van der Waals surface area contributed by atoms with Gasteiger partial charge in [-0.15, -0.1) is 0 Å². The fourth-order valence-corrected chi connectivity index (χ4v) is 4.01. The molecule has 1 aliphatic rings. The lowest BCUT2D eigenvalue weighted by Crippen LogP contribution is -2.24. The molecule has 9 heteroatoms. The van der Waals surface area contributed by atoms with Crippen molar-refractivity contribution < 1.29 is 4.79 Å². The number of aromatic nitrogens is 5. The minimum atomic E-state index is -0.277. The van der Waals surface area contributed by atoms with E-state index in [1.807, 2.05) is 6.20 Å². The maximum Gasteiger partial charge on any atom is 0.333 e. The number of fused-ring (bicyclic) bond motifs is 3. The first-order valence-electron chi connectivity index (χ1n) is 8.59. The van der Waals surface area contributed by atoms with E-state index in [4.69, 9.17) is 4.98 Å². The number of carbonyl (C=O) groups is 1. The summed E-state index contributed by atoms with van der Waals surface area (Å²) in [4.78, 5) is 33.1. The third-order valence-electron chi connectivity index (χ3n) is 4.39. The van der Waals surface area contributed by atoms with E-state index < -0.39 is 0 Å². The Morgan fingerprint density at radius 2 is 2.15 bits per heavy atom. The lowest BCUT2D eigenvalue weighted by atomic mass is 10.00. The van der Waals surface area contributed by atoms with Gasteiger partial charge in [0.1, 0.15) is 6.33 Å². The van der Waals surface area contributed by atoms with E-state index in [1.54, 1.807) is 12.4 Å². The van der Waals surface area contributed by atoms with Gasteiger partial charge in [0.25, 0.3) is 0 Å². The second-order valence-corrected chi connectivity index (χ2v) is 6.91. The van der Waals surface area contributed by atoms with Crippen molar-refractivity contribution in [2.45, 2.75) is 26.7 Å². The van der Waals surface area contributed by atoms with Gasteiger partial charge in [0.05, 0.1) is 16.3 Å². The van der Waals surface area contributed by atoms with Crippen molar-refractivity contribution in [1.29, 1.82) is 0 Å². The minimum Gasteiger partial charge on any atom is -0.341 e. The highest BCUT2D eigenvalue weighted by Crippen LogP contribution is 2.38. The van der Waals surface area contributed by atoms with Gasteiger partial charge in [0.15, 0.2) is 5.13 Å². The van der Waals surface area contributed by atoms with Gasteiger partial charge in [-0.2, -0.15) is 0 Å². The zero-order chi connectivity index (χ0) is 18.1. The van der Waals surface area contributed by atoms with Crippen LogP contribution in [0.2, 0.25) is 0 Å². The van der Waals surface area contributed by atoms with E-state index in [0.717, 1.165) is 53.7 Å². The first-order chi connectivity index (χ1) is 12.7.